The summed E-state index contributed by atoms with van der Waals surface area (Å²) in [6.45, 7) is 10.2. The first-order chi connectivity index (χ1) is 17.0. The van der Waals surface area contributed by atoms with Crippen molar-refractivity contribution in [2.75, 3.05) is 24.4 Å². The molecule has 4 rings (SSSR count). The summed E-state index contributed by atoms with van der Waals surface area (Å²) in [5, 5.41) is -0.192. The second-order valence-electron chi connectivity index (χ2n) is 10.4. The molecule has 194 valence electrons. The predicted molar refractivity (Wildman–Crippen MR) is 145 cm³/mol. The van der Waals surface area contributed by atoms with Crippen LogP contribution in [0.25, 0.3) is 0 Å². The molecule has 0 radical (unpaired) electrons. The largest absolute Gasteiger partial charge is 0.299 e. The Kier molecular flexibility index (Phi) is 7.85. The van der Waals surface area contributed by atoms with Crippen LogP contribution in [-0.4, -0.2) is 37.9 Å². The highest BCUT2D eigenvalue weighted by atomic mass is 32.2. The molecular weight excluding hydrogens is 495 g/mol. The lowest BCUT2D eigenvalue weighted by Gasteiger charge is -2.38. The number of benzene rings is 1. The van der Waals surface area contributed by atoms with Gasteiger partial charge in [-0.3, -0.25) is 14.6 Å². The molecule has 36 heavy (non-hydrogen) atoms. The second kappa shape index (κ2) is 10.6. The van der Waals surface area contributed by atoms with Crippen LogP contribution in [-0.2, 0) is 22.2 Å². The van der Waals surface area contributed by atoms with Crippen molar-refractivity contribution >= 4 is 27.2 Å². The van der Waals surface area contributed by atoms with Crippen LogP contribution in [0.4, 0.5) is 10.1 Å². The maximum Gasteiger partial charge on any atom is 0.299 e. The number of pyridine rings is 1. The Morgan fingerprint density at radius 3 is 2.50 bits per heavy atom. The first-order valence-corrected chi connectivity index (χ1v) is 14.5. The highest BCUT2D eigenvalue weighted by Gasteiger charge is 2.44. The van der Waals surface area contributed by atoms with E-state index in [0.717, 1.165) is 59.0 Å². The first-order valence-electron chi connectivity index (χ1n) is 12.2. The van der Waals surface area contributed by atoms with Crippen LogP contribution in [0.1, 0.15) is 48.4 Å². The molecule has 1 saturated heterocycles. The van der Waals surface area contributed by atoms with Crippen LogP contribution in [0.15, 0.2) is 54.7 Å². The molecule has 6 nitrogen and oxygen atoms in total. The zero-order valence-electron chi connectivity index (χ0n) is 21.3. The number of hydrogen-bond acceptors (Lipinski definition) is 5. The summed E-state index contributed by atoms with van der Waals surface area (Å²) >= 11 is 1.16. The molecule has 1 fully saturated rings. The Labute approximate surface area is 218 Å². The molecule has 2 N–H and O–H groups in total. The van der Waals surface area contributed by atoms with Gasteiger partial charge in [0.15, 0.2) is 5.13 Å². The summed E-state index contributed by atoms with van der Waals surface area (Å²) in [5.74, 6) is 0. The fourth-order valence-corrected chi connectivity index (χ4v) is 6.54. The topological polar surface area (TPSA) is 74.3 Å². The molecule has 1 aromatic carbocycles. The normalized spacial score (nSPS) is 19.0. The lowest BCUT2D eigenvalue weighted by Crippen LogP contribution is -2.45. The highest BCUT2D eigenvalue weighted by molar-refractivity contribution is 7.90. The third-order valence-corrected chi connectivity index (χ3v) is 9.28. The minimum Gasteiger partial charge on any atom is -0.293 e. The van der Waals surface area contributed by atoms with Gasteiger partial charge in [-0.1, -0.05) is 23.8 Å². The van der Waals surface area contributed by atoms with Gasteiger partial charge in [-0.05, 0) is 94.8 Å². The Morgan fingerprint density at radius 2 is 1.86 bits per heavy atom. The molecule has 0 aliphatic carbocycles. The van der Waals surface area contributed by atoms with Crippen LogP contribution in [0.2, 0.25) is 0 Å². The highest BCUT2D eigenvalue weighted by Crippen LogP contribution is 2.41. The van der Waals surface area contributed by atoms with Gasteiger partial charge in [0.2, 0.25) is 0 Å². The molecule has 0 bridgehead atoms. The van der Waals surface area contributed by atoms with Crippen molar-refractivity contribution in [3.63, 3.8) is 0 Å². The number of aryl methyl sites for hydroxylation is 3. The van der Waals surface area contributed by atoms with Gasteiger partial charge in [0.05, 0.1) is 0 Å². The molecule has 2 aromatic heterocycles. The van der Waals surface area contributed by atoms with Gasteiger partial charge in [0, 0.05) is 41.1 Å². The zero-order valence-corrected chi connectivity index (χ0v) is 23.0. The van der Waals surface area contributed by atoms with Crippen LogP contribution in [0, 0.1) is 24.4 Å². The molecule has 0 spiro atoms. The van der Waals surface area contributed by atoms with Crippen molar-refractivity contribution in [2.24, 2.45) is 5.41 Å². The van der Waals surface area contributed by atoms with Crippen LogP contribution < -0.4 is 9.44 Å². The van der Waals surface area contributed by atoms with Crippen LogP contribution >= 0.6 is 11.3 Å². The molecule has 0 amide bonds. The first kappa shape index (κ1) is 26.7. The number of halogens is 1. The molecule has 1 atom stereocenters. The minimum atomic E-state index is -3.75. The van der Waals surface area contributed by atoms with Gasteiger partial charge in [-0.25, -0.2) is 0 Å². The fourth-order valence-electron chi connectivity index (χ4n) is 4.80. The predicted octanol–water partition coefficient (Wildman–Crippen LogP) is 5.41. The number of anilines is 1. The molecule has 1 aliphatic heterocycles. The van der Waals surface area contributed by atoms with Crippen molar-refractivity contribution < 1.29 is 12.8 Å². The molecule has 0 saturated carbocycles. The van der Waals surface area contributed by atoms with Crippen molar-refractivity contribution in [2.45, 2.75) is 52.5 Å². The van der Waals surface area contributed by atoms with Crippen LogP contribution in [0.3, 0.4) is 0 Å². The average molecular weight is 531 g/mol. The molecule has 3 heterocycles. The quantitative estimate of drug-likeness (QED) is 0.368. The van der Waals surface area contributed by atoms with Gasteiger partial charge >= 0.3 is 0 Å². The third kappa shape index (κ3) is 6.51. The maximum absolute atomic E-state index is 13.6. The molecular formula is C27H35FN4O2S2. The average Bonchev–Trinajstić information content (AvgIpc) is 3.45. The van der Waals surface area contributed by atoms with E-state index in [2.05, 4.69) is 39.2 Å². The Bertz CT molecular complexity index is 1270. The summed E-state index contributed by atoms with van der Waals surface area (Å²) in [4.78, 5) is 7.88. The van der Waals surface area contributed by atoms with E-state index in [0.29, 0.717) is 18.7 Å². The van der Waals surface area contributed by atoms with E-state index in [1.807, 2.05) is 44.3 Å². The Hall–Kier alpha value is -2.33. The number of hydrogen-bond donors (Lipinski definition) is 2. The van der Waals surface area contributed by atoms with Gasteiger partial charge in [-0.15, -0.1) is 11.3 Å². The van der Waals surface area contributed by atoms with Crippen molar-refractivity contribution in [1.29, 1.82) is 0 Å². The number of rotatable bonds is 10. The van der Waals surface area contributed by atoms with E-state index in [-0.39, 0.29) is 16.1 Å². The van der Waals surface area contributed by atoms with Gasteiger partial charge < -0.3 is 0 Å². The van der Waals surface area contributed by atoms with E-state index in [9.17, 15) is 12.8 Å². The van der Waals surface area contributed by atoms with Crippen molar-refractivity contribution in [1.82, 2.24) is 14.6 Å². The van der Waals surface area contributed by atoms with E-state index < -0.39 is 10.2 Å². The van der Waals surface area contributed by atoms with Crippen LogP contribution in [0.5, 0.6) is 0 Å². The number of thiophene rings is 1. The maximum atomic E-state index is 13.6. The van der Waals surface area contributed by atoms with E-state index in [1.165, 1.54) is 6.07 Å². The van der Waals surface area contributed by atoms with Crippen molar-refractivity contribution in [3.05, 3.63) is 81.6 Å². The number of aromatic nitrogens is 1. The molecule has 1 aliphatic rings. The lowest BCUT2D eigenvalue weighted by molar-refractivity contribution is 0.128. The summed E-state index contributed by atoms with van der Waals surface area (Å²) in [5.41, 5.74) is 3.16. The summed E-state index contributed by atoms with van der Waals surface area (Å²) in [6.07, 6.45) is 4.25. The SMILES string of the molecule is Cc1ccc(NS(=O)(=O)NCC2(CCc3ccc(F)s3)CCN(C(C)(C)c3ccc(C)nc3)C2)cc1. The van der Waals surface area contributed by atoms with Gasteiger partial charge in [-0.2, -0.15) is 17.5 Å². The fraction of sp³-hybridized carbons (Fsp3) is 0.444. The summed E-state index contributed by atoms with van der Waals surface area (Å²) in [6, 6.07) is 14.7. The zero-order chi connectivity index (χ0) is 26.0. The lowest BCUT2D eigenvalue weighted by atomic mass is 9.82. The molecule has 1 unspecified atom stereocenters. The minimum absolute atomic E-state index is 0.192. The Morgan fingerprint density at radius 1 is 1.11 bits per heavy atom. The van der Waals surface area contributed by atoms with Gasteiger partial charge in [0.1, 0.15) is 0 Å². The smallest absolute Gasteiger partial charge is 0.293 e. The Balaban J connectivity index is 1.50. The molecule has 9 heteroatoms. The number of nitrogens with one attached hydrogen (secondary N) is 2. The summed E-state index contributed by atoms with van der Waals surface area (Å²) < 4.78 is 44.8. The van der Waals surface area contributed by atoms with Crippen molar-refractivity contribution in [3.8, 4) is 0 Å². The van der Waals surface area contributed by atoms with E-state index in [4.69, 9.17) is 0 Å². The number of nitrogens with zero attached hydrogens (tertiary/aromatic N) is 2. The summed E-state index contributed by atoms with van der Waals surface area (Å²) in [7, 11) is -3.75. The third-order valence-electron chi connectivity index (χ3n) is 7.32. The number of likely N-dealkylation sites (tertiary alicyclic amines) is 1. The second-order valence-corrected chi connectivity index (χ2v) is 13.0. The van der Waals surface area contributed by atoms with Gasteiger partial charge in [0.25, 0.3) is 10.2 Å². The molecule has 3 aromatic rings. The van der Waals surface area contributed by atoms with E-state index in [1.54, 1.807) is 12.1 Å². The monoisotopic (exact) mass is 530 g/mol. The standard InChI is InChI=1S/C27H35FN4O2S2/c1-20-5-9-23(10-6-20)31-36(33,34)30-18-27(14-13-24-11-12-25(28)35-24)15-16-32(19-27)26(3,4)22-8-7-21(2)29-17-22/h5-12,17,30-31H,13-16,18-19H2,1-4H3. The van der Waals surface area contributed by atoms with E-state index >= 15 is 0 Å².